The van der Waals surface area contributed by atoms with E-state index in [4.69, 9.17) is 0 Å². The summed E-state index contributed by atoms with van der Waals surface area (Å²) in [4.78, 5) is 0. The minimum Gasteiger partial charge on any atom is -0.0998 e. The lowest BCUT2D eigenvalue weighted by Crippen LogP contribution is -2.33. The van der Waals surface area contributed by atoms with E-state index >= 15 is 0 Å². The number of aryl methyl sites for hydroxylation is 3. The SMILES string of the molecule is C=C(I)c1ccc(C(C)(Cc2cc(C)cc(C)c2)C(C)C(=C)C)cc1C. The Morgan fingerprint density at radius 3 is 2.08 bits per heavy atom. The Morgan fingerprint density at radius 1 is 1.04 bits per heavy atom. The van der Waals surface area contributed by atoms with Gasteiger partial charge >= 0.3 is 0 Å². The molecule has 26 heavy (non-hydrogen) atoms. The van der Waals surface area contributed by atoms with Crippen LogP contribution >= 0.6 is 22.6 Å². The van der Waals surface area contributed by atoms with Gasteiger partial charge in [0.25, 0.3) is 0 Å². The summed E-state index contributed by atoms with van der Waals surface area (Å²) >= 11 is 2.31. The lowest BCUT2D eigenvalue weighted by atomic mass is 9.66. The van der Waals surface area contributed by atoms with E-state index in [0.29, 0.717) is 5.92 Å². The van der Waals surface area contributed by atoms with E-state index in [2.05, 4.69) is 114 Å². The van der Waals surface area contributed by atoms with Gasteiger partial charge in [-0.2, -0.15) is 0 Å². The van der Waals surface area contributed by atoms with E-state index in [0.717, 1.165) is 10.0 Å². The predicted octanol–water partition coefficient (Wildman–Crippen LogP) is 7.73. The van der Waals surface area contributed by atoms with Crippen LogP contribution in [-0.4, -0.2) is 0 Å². The summed E-state index contributed by atoms with van der Waals surface area (Å²) in [5.41, 5.74) is 9.22. The third kappa shape index (κ3) is 4.49. The first-order valence-corrected chi connectivity index (χ1v) is 10.3. The quantitative estimate of drug-likeness (QED) is 0.307. The van der Waals surface area contributed by atoms with Crippen LogP contribution in [0.3, 0.4) is 0 Å². The highest BCUT2D eigenvalue weighted by Crippen LogP contribution is 2.40. The van der Waals surface area contributed by atoms with Crippen molar-refractivity contribution in [1.82, 2.24) is 0 Å². The first-order valence-electron chi connectivity index (χ1n) is 9.23. The summed E-state index contributed by atoms with van der Waals surface area (Å²) in [6.45, 7) is 21.8. The summed E-state index contributed by atoms with van der Waals surface area (Å²) in [7, 11) is 0. The number of benzene rings is 2. The molecule has 1 heteroatoms. The maximum Gasteiger partial charge on any atom is 0.0133 e. The normalized spacial score (nSPS) is 14.6. The second-order valence-electron chi connectivity index (χ2n) is 8.09. The molecule has 0 bridgehead atoms. The van der Waals surface area contributed by atoms with Gasteiger partial charge in [-0.25, -0.2) is 0 Å². The highest BCUT2D eigenvalue weighted by molar-refractivity contribution is 14.1. The molecule has 0 N–H and O–H groups in total. The smallest absolute Gasteiger partial charge is 0.0133 e. The lowest BCUT2D eigenvalue weighted by Gasteiger charge is -2.38. The number of rotatable bonds is 6. The van der Waals surface area contributed by atoms with Gasteiger partial charge in [-0.3, -0.25) is 0 Å². The second kappa shape index (κ2) is 8.12. The molecule has 0 heterocycles. The summed E-state index contributed by atoms with van der Waals surface area (Å²) in [6.07, 6.45) is 1.01. The van der Waals surface area contributed by atoms with Gasteiger partial charge in [0.1, 0.15) is 0 Å². The summed E-state index contributed by atoms with van der Waals surface area (Å²) in [5.74, 6) is 0.386. The van der Waals surface area contributed by atoms with Crippen LogP contribution in [0.25, 0.3) is 3.58 Å². The van der Waals surface area contributed by atoms with E-state index in [1.165, 1.54) is 39.0 Å². The average molecular weight is 458 g/mol. The van der Waals surface area contributed by atoms with Gasteiger partial charge in [0, 0.05) is 8.99 Å². The van der Waals surface area contributed by atoms with Crippen LogP contribution in [0.1, 0.15) is 54.2 Å². The van der Waals surface area contributed by atoms with Crippen LogP contribution in [0.5, 0.6) is 0 Å². The molecule has 0 aliphatic carbocycles. The molecule has 2 rings (SSSR count). The van der Waals surface area contributed by atoms with Crippen molar-refractivity contribution in [1.29, 1.82) is 0 Å². The van der Waals surface area contributed by atoms with Crippen molar-refractivity contribution < 1.29 is 0 Å². The van der Waals surface area contributed by atoms with Crippen LogP contribution in [0.15, 0.2) is 55.1 Å². The fraction of sp³-hybridized carbons (Fsp3) is 0.360. The van der Waals surface area contributed by atoms with E-state index in [-0.39, 0.29) is 5.41 Å². The van der Waals surface area contributed by atoms with Crippen LogP contribution < -0.4 is 0 Å². The Bertz CT molecular complexity index is 823. The molecule has 2 aromatic carbocycles. The van der Waals surface area contributed by atoms with Crippen molar-refractivity contribution in [3.05, 3.63) is 88.5 Å². The van der Waals surface area contributed by atoms with Gasteiger partial charge in [-0.15, -0.1) is 0 Å². The fourth-order valence-electron chi connectivity index (χ4n) is 3.97. The molecule has 0 spiro atoms. The van der Waals surface area contributed by atoms with Crippen molar-refractivity contribution in [2.75, 3.05) is 0 Å². The standard InChI is InChI=1S/C25H31I/c1-16(2)20(6)25(8,15-22-12-17(3)11-18(4)13-22)23-9-10-24(21(7)26)19(5)14-23/h9-14,20H,1,7,15H2,2-6,8H3. The van der Waals surface area contributed by atoms with Crippen molar-refractivity contribution in [2.24, 2.45) is 5.92 Å². The molecule has 0 aromatic heterocycles. The van der Waals surface area contributed by atoms with Gasteiger partial charge in [0.05, 0.1) is 0 Å². The maximum absolute atomic E-state index is 4.28. The number of hydrogen-bond donors (Lipinski definition) is 0. The van der Waals surface area contributed by atoms with Crippen molar-refractivity contribution >= 4 is 26.2 Å². The Hall–Kier alpha value is -1.35. The highest BCUT2D eigenvalue weighted by atomic mass is 127. The van der Waals surface area contributed by atoms with Crippen LogP contribution in [0.2, 0.25) is 0 Å². The number of hydrogen-bond acceptors (Lipinski definition) is 0. The lowest BCUT2D eigenvalue weighted by molar-refractivity contribution is 0.353. The van der Waals surface area contributed by atoms with E-state index in [1.54, 1.807) is 0 Å². The Labute approximate surface area is 173 Å². The van der Waals surface area contributed by atoms with Gasteiger partial charge in [-0.05, 0) is 84.9 Å². The van der Waals surface area contributed by atoms with Crippen molar-refractivity contribution in [3.8, 4) is 0 Å². The Balaban J connectivity index is 2.56. The monoisotopic (exact) mass is 458 g/mol. The summed E-state index contributed by atoms with van der Waals surface area (Å²) in [6, 6.07) is 13.8. The predicted molar refractivity (Wildman–Crippen MR) is 125 cm³/mol. The number of halogens is 1. The number of allylic oxidation sites excluding steroid dienone is 1. The van der Waals surface area contributed by atoms with E-state index in [1.807, 2.05) is 0 Å². The molecule has 2 aromatic rings. The van der Waals surface area contributed by atoms with Gasteiger partial charge < -0.3 is 0 Å². The molecule has 138 valence electrons. The van der Waals surface area contributed by atoms with Crippen molar-refractivity contribution in [3.63, 3.8) is 0 Å². The van der Waals surface area contributed by atoms with Crippen LogP contribution in [0.4, 0.5) is 0 Å². The minimum atomic E-state index is 0.00195. The Morgan fingerprint density at radius 2 is 1.62 bits per heavy atom. The first kappa shape index (κ1) is 21.0. The zero-order valence-corrected chi connectivity index (χ0v) is 19.2. The third-order valence-corrected chi connectivity index (χ3v) is 6.31. The molecule has 0 nitrogen and oxygen atoms in total. The molecule has 0 radical (unpaired) electrons. The molecular weight excluding hydrogens is 427 g/mol. The van der Waals surface area contributed by atoms with Crippen LogP contribution in [0, 0.1) is 26.7 Å². The van der Waals surface area contributed by atoms with E-state index < -0.39 is 0 Å². The molecule has 0 saturated carbocycles. The molecule has 2 unspecified atom stereocenters. The average Bonchev–Trinajstić information content (AvgIpc) is 2.52. The zero-order chi connectivity index (χ0) is 19.6. The molecule has 0 fully saturated rings. The van der Waals surface area contributed by atoms with Crippen molar-refractivity contribution in [2.45, 2.75) is 53.4 Å². The second-order valence-corrected chi connectivity index (χ2v) is 9.40. The summed E-state index contributed by atoms with van der Waals surface area (Å²) in [5, 5.41) is 0. The zero-order valence-electron chi connectivity index (χ0n) is 17.0. The molecule has 0 aliphatic heterocycles. The van der Waals surface area contributed by atoms with E-state index in [9.17, 15) is 0 Å². The molecule has 2 atom stereocenters. The minimum absolute atomic E-state index is 0.00195. The largest absolute Gasteiger partial charge is 0.0998 e. The summed E-state index contributed by atoms with van der Waals surface area (Å²) < 4.78 is 1.09. The first-order chi connectivity index (χ1) is 12.0. The fourth-order valence-corrected chi connectivity index (χ4v) is 4.57. The van der Waals surface area contributed by atoms with Gasteiger partial charge in [0.2, 0.25) is 0 Å². The molecular formula is C25H31I. The molecule has 0 amide bonds. The molecule has 0 aliphatic rings. The molecule has 0 saturated heterocycles. The third-order valence-electron chi connectivity index (χ3n) is 5.73. The topological polar surface area (TPSA) is 0 Å². The highest BCUT2D eigenvalue weighted by Gasteiger charge is 2.34. The maximum atomic E-state index is 4.28. The van der Waals surface area contributed by atoms with Gasteiger partial charge in [-0.1, -0.05) is 80.1 Å². The van der Waals surface area contributed by atoms with Crippen LogP contribution in [-0.2, 0) is 11.8 Å². The van der Waals surface area contributed by atoms with Gasteiger partial charge in [0.15, 0.2) is 0 Å². The Kier molecular flexibility index (Phi) is 6.55.